The van der Waals surface area contributed by atoms with Crippen molar-refractivity contribution in [3.63, 3.8) is 0 Å². The van der Waals surface area contributed by atoms with Crippen molar-refractivity contribution in [2.24, 2.45) is 0 Å². The summed E-state index contributed by atoms with van der Waals surface area (Å²) in [4.78, 5) is 22.5. The Labute approximate surface area is 211 Å². The number of amides is 1. The largest absolute Gasteiger partial charge is 0.490 e. The van der Waals surface area contributed by atoms with Crippen LogP contribution in [0.4, 0.5) is 5.82 Å². The summed E-state index contributed by atoms with van der Waals surface area (Å²) in [6, 6.07) is 8.02. The van der Waals surface area contributed by atoms with Crippen molar-refractivity contribution >= 4 is 11.7 Å². The smallest absolute Gasteiger partial charge is 0.258 e. The van der Waals surface area contributed by atoms with Crippen LogP contribution in [0.2, 0.25) is 0 Å². The van der Waals surface area contributed by atoms with Crippen LogP contribution in [0.1, 0.15) is 37.6 Å². The molecule has 0 aliphatic heterocycles. The third-order valence-electron chi connectivity index (χ3n) is 5.84. The topological polar surface area (TPSA) is 134 Å². The van der Waals surface area contributed by atoms with Crippen LogP contribution in [0.25, 0.3) is 22.8 Å². The number of nitrogens with one attached hydrogen (secondary N) is 1. The molecule has 0 radical (unpaired) electrons. The standard InChI is InChI=1S/C26H35N5O5/c1-7-18-10-19(8-16(4)24(18)35-14-21(33)12-27-23(34)13-32)25-29-26(36-30-25)20-9-17(5)28-22(11-20)31(6)15(2)3/h8-11,15,21,32-33H,7,12-14H2,1-6H3,(H,27,34)/t21-/m0/s1. The van der Waals surface area contributed by atoms with Gasteiger partial charge in [0, 0.05) is 36.5 Å². The molecule has 1 aromatic carbocycles. The van der Waals surface area contributed by atoms with Crippen molar-refractivity contribution in [3.05, 3.63) is 41.1 Å². The van der Waals surface area contributed by atoms with Crippen molar-refractivity contribution < 1.29 is 24.3 Å². The Kier molecular flexibility index (Phi) is 9.00. The Morgan fingerprint density at radius 3 is 2.58 bits per heavy atom. The van der Waals surface area contributed by atoms with E-state index in [0.717, 1.165) is 33.8 Å². The fraction of sp³-hybridized carbons (Fsp3) is 0.462. The number of rotatable bonds is 11. The van der Waals surface area contributed by atoms with Gasteiger partial charge in [-0.3, -0.25) is 4.79 Å². The zero-order valence-electron chi connectivity index (χ0n) is 21.7. The number of aliphatic hydroxyl groups is 2. The summed E-state index contributed by atoms with van der Waals surface area (Å²) < 4.78 is 11.5. The highest BCUT2D eigenvalue weighted by molar-refractivity contribution is 5.76. The lowest BCUT2D eigenvalue weighted by Gasteiger charge is -2.23. The second-order valence-electron chi connectivity index (χ2n) is 9.05. The molecule has 0 saturated carbocycles. The molecule has 0 bridgehead atoms. The molecule has 0 saturated heterocycles. The molecule has 3 rings (SSSR count). The number of benzene rings is 1. The van der Waals surface area contributed by atoms with Crippen molar-refractivity contribution in [1.82, 2.24) is 20.4 Å². The molecule has 3 N–H and O–H groups in total. The number of carbonyl (C=O) groups excluding carboxylic acids is 1. The number of ether oxygens (including phenoxy) is 1. The quantitative estimate of drug-likeness (QED) is 0.365. The van der Waals surface area contributed by atoms with E-state index < -0.39 is 18.6 Å². The minimum Gasteiger partial charge on any atom is -0.490 e. The van der Waals surface area contributed by atoms with Gasteiger partial charge in [-0.05, 0) is 69.5 Å². The molecule has 10 nitrogen and oxygen atoms in total. The highest BCUT2D eigenvalue weighted by Crippen LogP contribution is 2.32. The van der Waals surface area contributed by atoms with Crippen molar-refractivity contribution in [1.29, 1.82) is 0 Å². The first-order valence-corrected chi connectivity index (χ1v) is 12.0. The van der Waals surface area contributed by atoms with E-state index in [1.54, 1.807) is 0 Å². The maximum atomic E-state index is 11.2. The molecule has 1 amide bonds. The first-order valence-electron chi connectivity index (χ1n) is 12.0. The summed E-state index contributed by atoms with van der Waals surface area (Å²) in [7, 11) is 2.00. The molecule has 10 heteroatoms. The molecular weight excluding hydrogens is 462 g/mol. The van der Waals surface area contributed by atoms with E-state index >= 15 is 0 Å². The monoisotopic (exact) mass is 497 g/mol. The van der Waals surface area contributed by atoms with Crippen LogP contribution in [0, 0.1) is 13.8 Å². The maximum absolute atomic E-state index is 11.2. The lowest BCUT2D eigenvalue weighted by atomic mass is 10.0. The van der Waals surface area contributed by atoms with Crippen LogP contribution in [-0.2, 0) is 11.2 Å². The number of hydrogen-bond acceptors (Lipinski definition) is 9. The number of aryl methyl sites for hydroxylation is 3. The van der Waals surface area contributed by atoms with E-state index in [4.69, 9.17) is 14.4 Å². The van der Waals surface area contributed by atoms with E-state index in [0.29, 0.717) is 29.9 Å². The Hall–Kier alpha value is -3.50. The highest BCUT2D eigenvalue weighted by Gasteiger charge is 2.18. The summed E-state index contributed by atoms with van der Waals surface area (Å²) in [5, 5.41) is 25.5. The van der Waals surface area contributed by atoms with Crippen molar-refractivity contribution in [3.8, 4) is 28.6 Å². The second kappa shape index (κ2) is 12.0. The Morgan fingerprint density at radius 1 is 1.17 bits per heavy atom. The van der Waals surface area contributed by atoms with Gasteiger partial charge >= 0.3 is 0 Å². The van der Waals surface area contributed by atoms with Gasteiger partial charge in [-0.1, -0.05) is 12.1 Å². The first kappa shape index (κ1) is 27.1. The molecule has 36 heavy (non-hydrogen) atoms. The average Bonchev–Trinajstić information content (AvgIpc) is 3.35. The molecule has 1 atom stereocenters. The van der Waals surface area contributed by atoms with E-state index in [9.17, 15) is 9.90 Å². The first-order chi connectivity index (χ1) is 17.1. The fourth-order valence-electron chi connectivity index (χ4n) is 3.65. The SMILES string of the molecule is CCc1cc(-c2noc(-c3cc(C)nc(N(C)C(C)C)c3)n2)cc(C)c1OC[C@@H](O)CNC(=O)CO. The summed E-state index contributed by atoms with van der Waals surface area (Å²) >= 11 is 0. The van der Waals surface area contributed by atoms with Gasteiger partial charge in [0.15, 0.2) is 0 Å². The van der Waals surface area contributed by atoms with Crippen LogP contribution in [0.3, 0.4) is 0 Å². The summed E-state index contributed by atoms with van der Waals surface area (Å²) in [5.41, 5.74) is 4.26. The van der Waals surface area contributed by atoms with Gasteiger partial charge in [0.05, 0.1) is 0 Å². The second-order valence-corrected chi connectivity index (χ2v) is 9.05. The summed E-state index contributed by atoms with van der Waals surface area (Å²) in [6.45, 7) is 9.44. The van der Waals surface area contributed by atoms with Crippen LogP contribution in [-0.4, -0.2) is 70.2 Å². The van der Waals surface area contributed by atoms with Gasteiger partial charge < -0.3 is 29.7 Å². The molecule has 0 fully saturated rings. The predicted octanol–water partition coefficient (Wildman–Crippen LogP) is 2.67. The van der Waals surface area contributed by atoms with Gasteiger partial charge in [0.25, 0.3) is 5.89 Å². The molecule has 0 aliphatic rings. The zero-order chi connectivity index (χ0) is 26.4. The number of anilines is 1. The Morgan fingerprint density at radius 2 is 1.92 bits per heavy atom. The third-order valence-corrected chi connectivity index (χ3v) is 5.84. The minimum atomic E-state index is -0.910. The van der Waals surface area contributed by atoms with E-state index in [2.05, 4.69) is 39.2 Å². The number of hydrogen-bond donors (Lipinski definition) is 3. The van der Waals surface area contributed by atoms with Crippen molar-refractivity contribution in [2.75, 3.05) is 31.7 Å². The number of aliphatic hydroxyl groups excluding tert-OH is 2. The van der Waals surface area contributed by atoms with Gasteiger partial charge in [0.2, 0.25) is 11.7 Å². The van der Waals surface area contributed by atoms with Crippen LogP contribution in [0.15, 0.2) is 28.8 Å². The molecule has 2 aromatic heterocycles. The number of carbonyl (C=O) groups is 1. The maximum Gasteiger partial charge on any atom is 0.258 e. The predicted molar refractivity (Wildman–Crippen MR) is 137 cm³/mol. The highest BCUT2D eigenvalue weighted by atomic mass is 16.5. The minimum absolute atomic E-state index is 0.000194. The molecule has 0 unspecified atom stereocenters. The lowest BCUT2D eigenvalue weighted by molar-refractivity contribution is -0.124. The average molecular weight is 498 g/mol. The molecule has 2 heterocycles. The summed E-state index contributed by atoms with van der Waals surface area (Å²) in [5.74, 6) is 1.84. The summed E-state index contributed by atoms with van der Waals surface area (Å²) in [6.07, 6.45) is -0.215. The molecule has 3 aromatic rings. The van der Waals surface area contributed by atoms with Gasteiger partial charge in [-0.2, -0.15) is 4.98 Å². The van der Waals surface area contributed by atoms with Crippen molar-refractivity contribution in [2.45, 2.75) is 53.2 Å². The Bertz CT molecular complexity index is 1190. The molecular formula is C26H35N5O5. The van der Waals surface area contributed by atoms with Gasteiger partial charge in [-0.15, -0.1) is 0 Å². The van der Waals surface area contributed by atoms with E-state index in [1.807, 2.05) is 52.1 Å². The number of pyridine rings is 1. The van der Waals surface area contributed by atoms with Crippen LogP contribution >= 0.6 is 0 Å². The zero-order valence-corrected chi connectivity index (χ0v) is 21.7. The fourth-order valence-corrected chi connectivity index (χ4v) is 3.65. The normalized spacial score (nSPS) is 12.0. The van der Waals surface area contributed by atoms with Crippen LogP contribution < -0.4 is 15.0 Å². The number of nitrogens with zero attached hydrogens (tertiary/aromatic N) is 4. The number of aromatic nitrogens is 3. The molecule has 0 spiro atoms. The van der Waals surface area contributed by atoms with Gasteiger partial charge in [-0.25, -0.2) is 4.98 Å². The Balaban J connectivity index is 1.81. The molecule has 0 aliphatic carbocycles. The van der Waals surface area contributed by atoms with Gasteiger partial charge in [0.1, 0.15) is 30.9 Å². The lowest BCUT2D eigenvalue weighted by Crippen LogP contribution is -2.36. The molecule has 194 valence electrons. The van der Waals surface area contributed by atoms with E-state index in [1.165, 1.54) is 0 Å². The van der Waals surface area contributed by atoms with Crippen LogP contribution in [0.5, 0.6) is 5.75 Å². The van der Waals surface area contributed by atoms with E-state index in [-0.39, 0.29) is 13.2 Å². The third kappa shape index (κ3) is 6.58.